The molecule has 0 atom stereocenters. The van der Waals surface area contributed by atoms with Crippen molar-refractivity contribution in [3.63, 3.8) is 0 Å². The highest BCUT2D eigenvalue weighted by atomic mass is 32.2. The van der Waals surface area contributed by atoms with Gasteiger partial charge in [-0.1, -0.05) is 30.3 Å². The number of aromatic nitrogens is 2. The first kappa shape index (κ1) is 22.3. The predicted octanol–water partition coefficient (Wildman–Crippen LogP) is 2.42. The molecule has 2 heterocycles. The van der Waals surface area contributed by atoms with E-state index >= 15 is 0 Å². The summed E-state index contributed by atoms with van der Waals surface area (Å²) >= 11 is 0. The summed E-state index contributed by atoms with van der Waals surface area (Å²) in [7, 11) is -1.38. The number of nitrogens with two attached hydrogens (primary N) is 1. The molecule has 0 saturated carbocycles. The lowest BCUT2D eigenvalue weighted by Gasteiger charge is -2.32. The molecule has 0 unspecified atom stereocenters. The Hall–Kier alpha value is -2.85. The molecule has 0 radical (unpaired) electrons. The van der Waals surface area contributed by atoms with Crippen molar-refractivity contribution in [3.05, 3.63) is 72.1 Å². The summed E-state index contributed by atoms with van der Waals surface area (Å²) in [6.07, 6.45) is 1.54. The third-order valence-electron chi connectivity index (χ3n) is 5.49. The molecule has 8 nitrogen and oxygen atoms in total. The molecule has 32 heavy (non-hydrogen) atoms. The fraction of sp³-hybridized carbons (Fsp3) is 0.304. The first-order chi connectivity index (χ1) is 15.3. The molecule has 0 aliphatic carbocycles. The minimum absolute atomic E-state index is 0.185. The minimum Gasteiger partial charge on any atom is -0.340 e. The van der Waals surface area contributed by atoms with Gasteiger partial charge in [-0.2, -0.15) is 0 Å². The van der Waals surface area contributed by atoms with Gasteiger partial charge in [0.05, 0.1) is 11.4 Å². The van der Waals surface area contributed by atoms with Crippen LogP contribution in [0, 0.1) is 0 Å². The first-order valence-electron chi connectivity index (χ1n) is 10.5. The van der Waals surface area contributed by atoms with Gasteiger partial charge in [0.2, 0.25) is 10.0 Å². The van der Waals surface area contributed by atoms with Gasteiger partial charge < -0.3 is 10.2 Å². The standard InChI is InChI=1S/C23H28N6O2S/c1-28-9-11-29(12-10-28)15-19-3-2-4-20(13-19)22-14-23(26-17-25-22)27-21-7-5-18(6-8-21)16-32(24,30)31/h2-8,13-14,17H,9-12,15-16H2,1H3,(H2,24,30,31)(H,25,26,27). The summed E-state index contributed by atoms with van der Waals surface area (Å²) < 4.78 is 22.5. The van der Waals surface area contributed by atoms with Crippen molar-refractivity contribution < 1.29 is 8.42 Å². The number of likely N-dealkylation sites (N-methyl/N-ethyl adjacent to an activating group) is 1. The van der Waals surface area contributed by atoms with Gasteiger partial charge in [-0.3, -0.25) is 4.90 Å². The van der Waals surface area contributed by atoms with Crippen molar-refractivity contribution >= 4 is 21.5 Å². The number of sulfonamides is 1. The van der Waals surface area contributed by atoms with Crippen molar-refractivity contribution in [1.29, 1.82) is 0 Å². The van der Waals surface area contributed by atoms with E-state index in [2.05, 4.69) is 56.4 Å². The fourth-order valence-electron chi connectivity index (χ4n) is 3.74. The van der Waals surface area contributed by atoms with E-state index in [1.165, 1.54) is 5.56 Å². The number of piperazine rings is 1. The summed E-state index contributed by atoms with van der Waals surface area (Å²) in [5.41, 5.74) is 4.60. The molecule has 4 rings (SSSR count). The lowest BCUT2D eigenvalue weighted by molar-refractivity contribution is 0.148. The molecule has 1 aliphatic rings. The number of rotatable bonds is 7. The van der Waals surface area contributed by atoms with Gasteiger partial charge in [0.1, 0.15) is 12.1 Å². The maximum atomic E-state index is 11.2. The topological polar surface area (TPSA) is 104 Å². The number of hydrogen-bond donors (Lipinski definition) is 2. The van der Waals surface area contributed by atoms with Crippen molar-refractivity contribution in [3.8, 4) is 11.3 Å². The van der Waals surface area contributed by atoms with Gasteiger partial charge >= 0.3 is 0 Å². The smallest absolute Gasteiger partial charge is 0.213 e. The maximum Gasteiger partial charge on any atom is 0.213 e. The third-order valence-corrected chi connectivity index (χ3v) is 6.22. The van der Waals surface area contributed by atoms with Gasteiger partial charge in [-0.25, -0.2) is 23.5 Å². The molecule has 0 amide bonds. The van der Waals surface area contributed by atoms with E-state index in [1.54, 1.807) is 30.6 Å². The Labute approximate surface area is 189 Å². The van der Waals surface area contributed by atoms with Crippen LogP contribution in [-0.4, -0.2) is 61.4 Å². The predicted molar refractivity (Wildman–Crippen MR) is 127 cm³/mol. The van der Waals surface area contributed by atoms with E-state index in [1.807, 2.05) is 6.07 Å². The molecule has 0 spiro atoms. The molecular weight excluding hydrogens is 424 g/mol. The van der Waals surface area contributed by atoms with Crippen LogP contribution in [0.2, 0.25) is 0 Å². The second-order valence-corrected chi connectivity index (χ2v) is 9.81. The highest BCUT2D eigenvalue weighted by Crippen LogP contribution is 2.23. The van der Waals surface area contributed by atoms with Gasteiger partial charge in [-0.15, -0.1) is 0 Å². The zero-order valence-corrected chi connectivity index (χ0v) is 18.9. The van der Waals surface area contributed by atoms with Crippen LogP contribution in [0.15, 0.2) is 60.9 Å². The molecule has 2 aromatic carbocycles. The van der Waals surface area contributed by atoms with Crippen molar-refractivity contribution in [2.45, 2.75) is 12.3 Å². The quantitative estimate of drug-likeness (QED) is 0.567. The Balaban J connectivity index is 1.45. The van der Waals surface area contributed by atoms with Gasteiger partial charge in [-0.05, 0) is 36.4 Å². The molecule has 3 aromatic rings. The molecule has 1 aliphatic heterocycles. The van der Waals surface area contributed by atoms with Crippen LogP contribution in [-0.2, 0) is 22.3 Å². The van der Waals surface area contributed by atoms with E-state index in [9.17, 15) is 8.42 Å². The Bertz CT molecular complexity index is 1160. The summed E-state index contributed by atoms with van der Waals surface area (Å²) in [5, 5.41) is 8.35. The van der Waals surface area contributed by atoms with Gasteiger partial charge in [0, 0.05) is 50.0 Å². The first-order valence-corrected chi connectivity index (χ1v) is 12.2. The average molecular weight is 453 g/mol. The SMILES string of the molecule is CN1CCN(Cc2cccc(-c3cc(Nc4ccc(CS(N)(=O)=O)cc4)ncn3)c2)CC1. The zero-order chi connectivity index (χ0) is 22.6. The molecule has 0 bridgehead atoms. The summed E-state index contributed by atoms with van der Waals surface area (Å²) in [6, 6.07) is 17.5. The van der Waals surface area contributed by atoms with Gasteiger partial charge in [0.15, 0.2) is 0 Å². The minimum atomic E-state index is -3.55. The van der Waals surface area contributed by atoms with E-state index in [0.29, 0.717) is 11.4 Å². The van der Waals surface area contributed by atoms with E-state index in [0.717, 1.165) is 49.7 Å². The van der Waals surface area contributed by atoms with Crippen LogP contribution in [0.25, 0.3) is 11.3 Å². The lowest BCUT2D eigenvalue weighted by Crippen LogP contribution is -2.43. The number of nitrogens with zero attached hydrogens (tertiary/aromatic N) is 4. The van der Waals surface area contributed by atoms with E-state index in [-0.39, 0.29) is 5.75 Å². The van der Waals surface area contributed by atoms with Gasteiger partial charge in [0.25, 0.3) is 0 Å². The monoisotopic (exact) mass is 452 g/mol. The third kappa shape index (κ3) is 6.33. The Morgan fingerprint density at radius 3 is 2.44 bits per heavy atom. The molecule has 1 aromatic heterocycles. The lowest BCUT2D eigenvalue weighted by atomic mass is 10.1. The molecule has 1 saturated heterocycles. The Morgan fingerprint density at radius 2 is 1.72 bits per heavy atom. The number of nitrogens with one attached hydrogen (secondary N) is 1. The van der Waals surface area contributed by atoms with Crippen LogP contribution in [0.4, 0.5) is 11.5 Å². The highest BCUT2D eigenvalue weighted by Gasteiger charge is 2.14. The van der Waals surface area contributed by atoms with Crippen LogP contribution in [0.3, 0.4) is 0 Å². The average Bonchev–Trinajstić information content (AvgIpc) is 2.76. The second kappa shape index (κ2) is 9.74. The zero-order valence-electron chi connectivity index (χ0n) is 18.1. The van der Waals surface area contributed by atoms with E-state index in [4.69, 9.17) is 5.14 Å². The number of hydrogen-bond acceptors (Lipinski definition) is 7. The second-order valence-electron chi connectivity index (χ2n) is 8.20. The van der Waals surface area contributed by atoms with Crippen LogP contribution < -0.4 is 10.5 Å². The van der Waals surface area contributed by atoms with Crippen molar-refractivity contribution in [2.24, 2.45) is 5.14 Å². The molecule has 168 valence electrons. The van der Waals surface area contributed by atoms with Crippen molar-refractivity contribution in [1.82, 2.24) is 19.8 Å². The van der Waals surface area contributed by atoms with Crippen LogP contribution in [0.5, 0.6) is 0 Å². The fourth-order valence-corrected chi connectivity index (χ4v) is 4.40. The maximum absolute atomic E-state index is 11.2. The molecular formula is C23H28N6O2S. The Morgan fingerprint density at radius 1 is 0.969 bits per heavy atom. The molecule has 1 fully saturated rings. The van der Waals surface area contributed by atoms with E-state index < -0.39 is 10.0 Å². The summed E-state index contributed by atoms with van der Waals surface area (Å²) in [5.74, 6) is 0.480. The summed E-state index contributed by atoms with van der Waals surface area (Å²) in [4.78, 5) is 13.6. The van der Waals surface area contributed by atoms with Crippen LogP contribution >= 0.6 is 0 Å². The number of anilines is 2. The summed E-state index contributed by atoms with van der Waals surface area (Å²) in [6.45, 7) is 5.30. The normalized spacial score (nSPS) is 15.6. The largest absolute Gasteiger partial charge is 0.340 e. The number of primary sulfonamides is 1. The highest BCUT2D eigenvalue weighted by molar-refractivity contribution is 7.88. The number of benzene rings is 2. The van der Waals surface area contributed by atoms with Crippen LogP contribution in [0.1, 0.15) is 11.1 Å². The van der Waals surface area contributed by atoms with Crippen molar-refractivity contribution in [2.75, 3.05) is 38.5 Å². The molecule has 9 heteroatoms. The Kier molecular flexibility index (Phi) is 6.80. The molecule has 3 N–H and O–H groups in total.